The molecule has 89 valence electrons. The lowest BCUT2D eigenvalue weighted by Crippen LogP contribution is -2.07. The minimum atomic E-state index is -0.969. The van der Waals surface area contributed by atoms with Crippen molar-refractivity contribution >= 4 is 0 Å². The van der Waals surface area contributed by atoms with E-state index in [0.717, 1.165) is 18.2 Å². The number of rotatable bonds is 3. The third-order valence-electron chi connectivity index (χ3n) is 2.33. The predicted molar refractivity (Wildman–Crippen MR) is 63.8 cm³/mol. The van der Waals surface area contributed by atoms with E-state index in [-0.39, 0.29) is 5.56 Å². The molecule has 0 saturated heterocycles. The van der Waals surface area contributed by atoms with Crippen molar-refractivity contribution in [1.82, 2.24) is 0 Å². The molecule has 1 atom stereocenters. The average Bonchev–Trinajstić information content (AvgIpc) is 2.40. The molecule has 0 aliphatic heterocycles. The summed E-state index contributed by atoms with van der Waals surface area (Å²) in [6.07, 6.45) is 4.33. The lowest BCUT2D eigenvalue weighted by atomic mass is 10.1. The van der Waals surface area contributed by atoms with Gasteiger partial charge in [0, 0.05) is 5.56 Å². The van der Waals surface area contributed by atoms with Crippen molar-refractivity contribution in [2.75, 3.05) is 0 Å². The first-order valence-corrected chi connectivity index (χ1v) is 5.24. The summed E-state index contributed by atoms with van der Waals surface area (Å²) >= 11 is 0. The van der Waals surface area contributed by atoms with Gasteiger partial charge in [-0.1, -0.05) is 18.1 Å². The highest BCUT2D eigenvalue weighted by Crippen LogP contribution is 2.23. The number of terminal acetylenes is 1. The molecule has 2 rings (SSSR count). The highest BCUT2D eigenvalue weighted by atomic mass is 19.1. The monoisotopic (exact) mass is 243 g/mol. The standard InChI is InChI=1S/C15H9F2O/c1-2-15(18-12-6-4-3-5-7-12)13-10-11(16)8-9-14(13)17/h1,4-10,15H. The van der Waals surface area contributed by atoms with Crippen LogP contribution in [0, 0.1) is 30.0 Å². The van der Waals surface area contributed by atoms with Gasteiger partial charge in [-0.3, -0.25) is 0 Å². The maximum absolute atomic E-state index is 13.6. The summed E-state index contributed by atoms with van der Waals surface area (Å²) in [4.78, 5) is 0. The third kappa shape index (κ3) is 2.67. The molecule has 3 heteroatoms. The molecule has 2 aromatic rings. The first kappa shape index (κ1) is 12.1. The molecule has 18 heavy (non-hydrogen) atoms. The minimum absolute atomic E-state index is 0.00494. The van der Waals surface area contributed by atoms with Crippen LogP contribution >= 0.6 is 0 Å². The van der Waals surface area contributed by atoms with Gasteiger partial charge in [-0.15, -0.1) is 6.42 Å². The molecule has 0 bridgehead atoms. The van der Waals surface area contributed by atoms with Gasteiger partial charge in [-0.2, -0.15) is 0 Å². The van der Waals surface area contributed by atoms with E-state index in [9.17, 15) is 8.78 Å². The maximum Gasteiger partial charge on any atom is 0.187 e. The molecule has 1 unspecified atom stereocenters. The smallest absolute Gasteiger partial charge is 0.187 e. The molecule has 0 spiro atoms. The SMILES string of the molecule is C#CC(Oc1cc[c]cc1)c1cc(F)ccc1F. The van der Waals surface area contributed by atoms with Crippen LogP contribution in [-0.4, -0.2) is 0 Å². The zero-order chi connectivity index (χ0) is 13.0. The Labute approximate surface area is 104 Å². The molecule has 0 saturated carbocycles. The predicted octanol–water partition coefficient (Wildman–Crippen LogP) is 3.52. The lowest BCUT2D eigenvalue weighted by molar-refractivity contribution is 0.258. The van der Waals surface area contributed by atoms with Crippen LogP contribution in [-0.2, 0) is 0 Å². The molecule has 0 heterocycles. The van der Waals surface area contributed by atoms with Crippen LogP contribution in [0.15, 0.2) is 42.5 Å². The zero-order valence-corrected chi connectivity index (χ0v) is 9.36. The fourth-order valence-corrected chi connectivity index (χ4v) is 1.49. The van der Waals surface area contributed by atoms with Crippen LogP contribution < -0.4 is 4.74 Å². The molecular weight excluding hydrogens is 234 g/mol. The second-order valence-electron chi connectivity index (χ2n) is 3.57. The van der Waals surface area contributed by atoms with Gasteiger partial charge >= 0.3 is 0 Å². The number of hydrogen-bond donors (Lipinski definition) is 0. The first-order chi connectivity index (χ1) is 8.70. The van der Waals surface area contributed by atoms with Gasteiger partial charge in [0.25, 0.3) is 0 Å². The first-order valence-electron chi connectivity index (χ1n) is 5.24. The Bertz CT molecular complexity index is 573. The molecule has 0 N–H and O–H groups in total. The topological polar surface area (TPSA) is 9.23 Å². The normalized spacial score (nSPS) is 11.6. The largest absolute Gasteiger partial charge is 0.473 e. The van der Waals surface area contributed by atoms with Crippen LogP contribution in [0.2, 0.25) is 0 Å². The van der Waals surface area contributed by atoms with Gasteiger partial charge in [-0.25, -0.2) is 8.78 Å². The van der Waals surface area contributed by atoms with E-state index < -0.39 is 17.7 Å². The Morgan fingerprint density at radius 3 is 2.56 bits per heavy atom. The van der Waals surface area contributed by atoms with E-state index >= 15 is 0 Å². The number of benzene rings is 2. The second kappa shape index (κ2) is 5.33. The summed E-state index contributed by atoms with van der Waals surface area (Å²) in [7, 11) is 0. The Morgan fingerprint density at radius 2 is 1.89 bits per heavy atom. The van der Waals surface area contributed by atoms with E-state index in [4.69, 9.17) is 11.2 Å². The lowest BCUT2D eigenvalue weighted by Gasteiger charge is -2.14. The molecule has 1 nitrogen and oxygen atoms in total. The third-order valence-corrected chi connectivity index (χ3v) is 2.33. The maximum atomic E-state index is 13.6. The van der Waals surface area contributed by atoms with Gasteiger partial charge in [-0.05, 0) is 36.4 Å². The second-order valence-corrected chi connectivity index (χ2v) is 3.57. The van der Waals surface area contributed by atoms with Crippen LogP contribution in [0.25, 0.3) is 0 Å². The van der Waals surface area contributed by atoms with Crippen LogP contribution in [0.5, 0.6) is 5.75 Å². The van der Waals surface area contributed by atoms with Crippen molar-refractivity contribution in [2.24, 2.45) is 0 Å². The summed E-state index contributed by atoms with van der Waals surface area (Å²) in [5, 5.41) is 0. The molecular formula is C15H9F2O. The van der Waals surface area contributed by atoms with Crippen molar-refractivity contribution in [1.29, 1.82) is 0 Å². The summed E-state index contributed by atoms with van der Waals surface area (Å²) in [5.41, 5.74) is 0.00494. The van der Waals surface area contributed by atoms with Crippen LogP contribution in [0.4, 0.5) is 8.78 Å². The molecule has 2 aromatic carbocycles. The Kier molecular flexibility index (Phi) is 3.59. The fraction of sp³-hybridized carbons (Fsp3) is 0.0667. The molecule has 0 aliphatic rings. The number of halogens is 2. The van der Waals surface area contributed by atoms with Crippen molar-refractivity contribution in [3.63, 3.8) is 0 Å². The van der Waals surface area contributed by atoms with Crippen molar-refractivity contribution < 1.29 is 13.5 Å². The van der Waals surface area contributed by atoms with Crippen molar-refractivity contribution in [3.05, 3.63) is 65.7 Å². The Balaban J connectivity index is 2.29. The van der Waals surface area contributed by atoms with Gasteiger partial charge in [0.05, 0.1) is 0 Å². The summed E-state index contributed by atoms with van der Waals surface area (Å²) in [5.74, 6) is 1.61. The highest BCUT2D eigenvalue weighted by Gasteiger charge is 2.16. The summed E-state index contributed by atoms with van der Waals surface area (Å²) < 4.78 is 32.1. The van der Waals surface area contributed by atoms with E-state index in [1.165, 1.54) is 0 Å². The van der Waals surface area contributed by atoms with Crippen molar-refractivity contribution in [3.8, 4) is 18.1 Å². The number of ether oxygens (including phenoxy) is 1. The van der Waals surface area contributed by atoms with Gasteiger partial charge in [0.15, 0.2) is 6.10 Å². The molecule has 0 aliphatic carbocycles. The highest BCUT2D eigenvalue weighted by molar-refractivity contribution is 5.30. The zero-order valence-electron chi connectivity index (χ0n) is 9.36. The van der Waals surface area contributed by atoms with Gasteiger partial charge in [0.1, 0.15) is 17.4 Å². The molecule has 1 radical (unpaired) electrons. The fourth-order valence-electron chi connectivity index (χ4n) is 1.49. The molecule has 0 amide bonds. The molecule has 0 fully saturated rings. The van der Waals surface area contributed by atoms with E-state index in [0.29, 0.717) is 5.75 Å². The number of hydrogen-bond acceptors (Lipinski definition) is 1. The van der Waals surface area contributed by atoms with Crippen molar-refractivity contribution in [2.45, 2.75) is 6.10 Å². The van der Waals surface area contributed by atoms with Crippen LogP contribution in [0.3, 0.4) is 0 Å². The quantitative estimate of drug-likeness (QED) is 0.749. The average molecular weight is 243 g/mol. The molecule has 0 aromatic heterocycles. The van der Waals surface area contributed by atoms with Gasteiger partial charge < -0.3 is 4.74 Å². The summed E-state index contributed by atoms with van der Waals surface area (Å²) in [6, 6.07) is 12.5. The van der Waals surface area contributed by atoms with E-state index in [1.807, 2.05) is 0 Å². The Morgan fingerprint density at radius 1 is 1.17 bits per heavy atom. The van der Waals surface area contributed by atoms with E-state index in [1.54, 1.807) is 24.3 Å². The van der Waals surface area contributed by atoms with Crippen LogP contribution in [0.1, 0.15) is 11.7 Å². The summed E-state index contributed by atoms with van der Waals surface area (Å²) in [6.45, 7) is 0. The minimum Gasteiger partial charge on any atom is -0.473 e. The van der Waals surface area contributed by atoms with E-state index in [2.05, 4.69) is 12.0 Å². The van der Waals surface area contributed by atoms with Gasteiger partial charge in [0.2, 0.25) is 0 Å². The Hall–Kier alpha value is -2.34.